The minimum absolute atomic E-state index is 0.101. The molecule has 1 aliphatic heterocycles. The zero-order valence-corrected chi connectivity index (χ0v) is 13.5. The summed E-state index contributed by atoms with van der Waals surface area (Å²) in [5.41, 5.74) is 1.72. The molecule has 1 N–H and O–H groups in total. The van der Waals surface area contributed by atoms with Crippen LogP contribution in [0.1, 0.15) is 18.7 Å². The number of imidazole rings is 1. The normalized spacial score (nSPS) is 18.4. The van der Waals surface area contributed by atoms with Crippen LogP contribution < -0.4 is 5.32 Å². The van der Waals surface area contributed by atoms with E-state index in [4.69, 9.17) is 34.8 Å². The lowest BCUT2D eigenvalue weighted by molar-refractivity contribution is -0.119. The molecule has 1 aromatic carbocycles. The molecular formula is C14H14Cl3N3O. The van der Waals surface area contributed by atoms with Gasteiger partial charge >= 0.3 is 0 Å². The zero-order chi connectivity index (χ0) is 15.0. The van der Waals surface area contributed by atoms with Crippen LogP contribution >= 0.6 is 34.8 Å². The highest BCUT2D eigenvalue weighted by Gasteiger charge is 2.23. The fraction of sp³-hybridized carbons (Fsp3) is 0.429. The number of amides is 1. The maximum absolute atomic E-state index is 11.4. The standard InChI is InChI=1S/C14H14Cl3N3O/c15-4-3-13-19-11-5-9(16)10(17)6-12(11)20(13)7-8-1-2-14(21)18-8/h5-6,8H,1-4,7H2,(H,18,21). The lowest BCUT2D eigenvalue weighted by Crippen LogP contribution is -2.30. The summed E-state index contributed by atoms with van der Waals surface area (Å²) >= 11 is 18.0. The van der Waals surface area contributed by atoms with Crippen molar-refractivity contribution >= 4 is 51.7 Å². The average Bonchev–Trinajstić information content (AvgIpc) is 2.97. The Bertz CT molecular complexity index is 698. The van der Waals surface area contributed by atoms with Crippen molar-refractivity contribution in [3.05, 3.63) is 28.0 Å². The summed E-state index contributed by atoms with van der Waals surface area (Å²) < 4.78 is 2.08. The van der Waals surface area contributed by atoms with E-state index < -0.39 is 0 Å². The summed E-state index contributed by atoms with van der Waals surface area (Å²) in [6, 6.07) is 3.71. The topological polar surface area (TPSA) is 46.9 Å². The van der Waals surface area contributed by atoms with Crippen LogP contribution in [0.2, 0.25) is 10.0 Å². The Morgan fingerprint density at radius 2 is 2.10 bits per heavy atom. The number of hydrogen-bond acceptors (Lipinski definition) is 2. The van der Waals surface area contributed by atoms with Gasteiger partial charge in [0.2, 0.25) is 5.91 Å². The number of hydrogen-bond donors (Lipinski definition) is 1. The molecule has 2 aromatic rings. The maximum atomic E-state index is 11.4. The van der Waals surface area contributed by atoms with Crippen LogP contribution in [0, 0.1) is 0 Å². The number of nitrogens with one attached hydrogen (secondary N) is 1. The molecule has 112 valence electrons. The summed E-state index contributed by atoms with van der Waals surface area (Å²) in [6.07, 6.45) is 2.07. The number of carbonyl (C=O) groups is 1. The molecule has 0 aliphatic carbocycles. The molecule has 0 spiro atoms. The molecule has 21 heavy (non-hydrogen) atoms. The summed E-state index contributed by atoms with van der Waals surface area (Å²) in [5, 5.41) is 3.96. The Balaban J connectivity index is 2.02. The zero-order valence-electron chi connectivity index (χ0n) is 11.2. The molecule has 0 radical (unpaired) electrons. The van der Waals surface area contributed by atoms with Gasteiger partial charge in [0.1, 0.15) is 5.82 Å². The number of rotatable bonds is 4. The van der Waals surface area contributed by atoms with Gasteiger partial charge in [-0.3, -0.25) is 4.79 Å². The smallest absolute Gasteiger partial charge is 0.220 e. The summed E-state index contributed by atoms with van der Waals surface area (Å²) in [5.74, 6) is 1.48. The Morgan fingerprint density at radius 3 is 2.76 bits per heavy atom. The van der Waals surface area contributed by atoms with Gasteiger partial charge in [0.15, 0.2) is 0 Å². The Hall–Kier alpha value is -0.970. The second-order valence-electron chi connectivity index (χ2n) is 5.14. The summed E-state index contributed by atoms with van der Waals surface area (Å²) in [7, 11) is 0. The van der Waals surface area contributed by atoms with Crippen LogP contribution in [0.5, 0.6) is 0 Å². The monoisotopic (exact) mass is 345 g/mol. The third-order valence-electron chi connectivity index (χ3n) is 3.68. The van der Waals surface area contributed by atoms with E-state index in [-0.39, 0.29) is 11.9 Å². The van der Waals surface area contributed by atoms with Gasteiger partial charge in [0, 0.05) is 31.3 Å². The summed E-state index contributed by atoms with van der Waals surface area (Å²) in [6.45, 7) is 0.673. The van der Waals surface area contributed by atoms with Gasteiger partial charge in [-0.25, -0.2) is 4.98 Å². The number of benzene rings is 1. The molecule has 1 atom stereocenters. The van der Waals surface area contributed by atoms with Crippen LogP contribution in [0.3, 0.4) is 0 Å². The minimum atomic E-state index is 0.101. The molecule has 2 heterocycles. The fourth-order valence-electron chi connectivity index (χ4n) is 2.68. The second-order valence-corrected chi connectivity index (χ2v) is 6.33. The predicted molar refractivity (Wildman–Crippen MR) is 85.3 cm³/mol. The van der Waals surface area contributed by atoms with Crippen molar-refractivity contribution in [3.63, 3.8) is 0 Å². The number of alkyl halides is 1. The van der Waals surface area contributed by atoms with E-state index in [1.807, 2.05) is 6.07 Å². The fourth-order valence-corrected chi connectivity index (χ4v) is 3.17. The van der Waals surface area contributed by atoms with Gasteiger partial charge in [0.05, 0.1) is 21.1 Å². The molecule has 0 saturated carbocycles. The van der Waals surface area contributed by atoms with Gasteiger partial charge in [-0.15, -0.1) is 11.6 Å². The van der Waals surface area contributed by atoms with Crippen molar-refractivity contribution in [2.24, 2.45) is 0 Å². The minimum Gasteiger partial charge on any atom is -0.352 e. The lowest BCUT2D eigenvalue weighted by atomic mass is 10.2. The number of nitrogens with zero attached hydrogens (tertiary/aromatic N) is 2. The quantitative estimate of drug-likeness (QED) is 0.863. The predicted octanol–water partition coefficient (Wildman–Crippen LogP) is 3.40. The molecule has 3 rings (SSSR count). The largest absolute Gasteiger partial charge is 0.352 e. The van der Waals surface area contributed by atoms with Crippen LogP contribution in [0.15, 0.2) is 12.1 Å². The van der Waals surface area contributed by atoms with Gasteiger partial charge in [-0.2, -0.15) is 0 Å². The van der Waals surface area contributed by atoms with E-state index in [1.54, 1.807) is 6.07 Å². The third kappa shape index (κ3) is 2.98. The number of aromatic nitrogens is 2. The first-order chi connectivity index (χ1) is 10.1. The first kappa shape index (κ1) is 14.9. The van der Waals surface area contributed by atoms with E-state index in [0.29, 0.717) is 35.3 Å². The number of aryl methyl sites for hydroxylation is 1. The number of halogens is 3. The van der Waals surface area contributed by atoms with E-state index in [0.717, 1.165) is 23.3 Å². The van der Waals surface area contributed by atoms with E-state index in [1.165, 1.54) is 0 Å². The highest BCUT2D eigenvalue weighted by molar-refractivity contribution is 6.42. The first-order valence-corrected chi connectivity index (χ1v) is 8.07. The third-order valence-corrected chi connectivity index (χ3v) is 4.59. The lowest BCUT2D eigenvalue weighted by Gasteiger charge is -2.14. The number of fused-ring (bicyclic) bond motifs is 1. The molecule has 1 amide bonds. The highest BCUT2D eigenvalue weighted by atomic mass is 35.5. The van der Waals surface area contributed by atoms with Crippen molar-refractivity contribution in [1.82, 2.24) is 14.9 Å². The van der Waals surface area contributed by atoms with Crippen LogP contribution in [-0.2, 0) is 17.8 Å². The molecular weight excluding hydrogens is 333 g/mol. The van der Waals surface area contributed by atoms with Crippen molar-refractivity contribution in [2.75, 3.05) is 5.88 Å². The molecule has 1 saturated heterocycles. The van der Waals surface area contributed by atoms with E-state index in [9.17, 15) is 4.79 Å². The van der Waals surface area contributed by atoms with Crippen LogP contribution in [0.4, 0.5) is 0 Å². The SMILES string of the molecule is O=C1CCC(Cn2c(CCCl)nc3cc(Cl)c(Cl)cc32)N1. The first-order valence-electron chi connectivity index (χ1n) is 6.78. The average molecular weight is 347 g/mol. The van der Waals surface area contributed by atoms with Gasteiger partial charge in [0.25, 0.3) is 0 Å². The molecule has 1 unspecified atom stereocenters. The van der Waals surface area contributed by atoms with Gasteiger partial charge in [-0.05, 0) is 18.6 Å². The van der Waals surface area contributed by atoms with Crippen LogP contribution in [0.25, 0.3) is 11.0 Å². The van der Waals surface area contributed by atoms with Crippen LogP contribution in [-0.4, -0.2) is 27.4 Å². The second kappa shape index (κ2) is 6.03. The Kier molecular flexibility index (Phi) is 4.29. The van der Waals surface area contributed by atoms with E-state index >= 15 is 0 Å². The molecule has 1 fully saturated rings. The van der Waals surface area contributed by atoms with Gasteiger partial charge in [-0.1, -0.05) is 23.2 Å². The molecule has 7 heteroatoms. The highest BCUT2D eigenvalue weighted by Crippen LogP contribution is 2.29. The van der Waals surface area contributed by atoms with E-state index in [2.05, 4.69) is 14.9 Å². The van der Waals surface area contributed by atoms with Crippen molar-refractivity contribution < 1.29 is 4.79 Å². The van der Waals surface area contributed by atoms with Crippen molar-refractivity contribution in [3.8, 4) is 0 Å². The molecule has 4 nitrogen and oxygen atoms in total. The molecule has 0 bridgehead atoms. The van der Waals surface area contributed by atoms with Crippen molar-refractivity contribution in [1.29, 1.82) is 0 Å². The maximum Gasteiger partial charge on any atom is 0.220 e. The van der Waals surface area contributed by atoms with Gasteiger partial charge < -0.3 is 9.88 Å². The number of carbonyl (C=O) groups excluding carboxylic acids is 1. The van der Waals surface area contributed by atoms with Crippen molar-refractivity contribution in [2.45, 2.75) is 31.8 Å². The summed E-state index contributed by atoms with van der Waals surface area (Å²) in [4.78, 5) is 15.9. The molecule has 1 aromatic heterocycles. The Labute approximate surface area is 137 Å². The Morgan fingerprint density at radius 1 is 1.33 bits per heavy atom. The molecule has 1 aliphatic rings.